The summed E-state index contributed by atoms with van der Waals surface area (Å²) in [6.07, 6.45) is 0. The zero-order chi connectivity index (χ0) is 19.4. The molecule has 0 unspecified atom stereocenters. The lowest BCUT2D eigenvalue weighted by atomic mass is 10.3. The summed E-state index contributed by atoms with van der Waals surface area (Å²) in [5.41, 5.74) is 1.13. The number of amides is 1. The maximum Gasteiger partial charge on any atom is 0.387 e. The van der Waals surface area contributed by atoms with Crippen LogP contribution in [0.2, 0.25) is 0 Å². The van der Waals surface area contributed by atoms with E-state index < -0.39 is 12.5 Å². The van der Waals surface area contributed by atoms with Crippen molar-refractivity contribution in [3.63, 3.8) is 0 Å². The Labute approximate surface area is 153 Å². The van der Waals surface area contributed by atoms with Crippen molar-refractivity contribution in [2.45, 2.75) is 13.5 Å². The number of hydrogen-bond donors (Lipinski definition) is 1. The third-order valence-electron chi connectivity index (χ3n) is 3.63. The van der Waals surface area contributed by atoms with E-state index in [1.165, 1.54) is 16.8 Å². The van der Waals surface area contributed by atoms with Gasteiger partial charge < -0.3 is 14.8 Å². The van der Waals surface area contributed by atoms with E-state index in [1.54, 1.807) is 50.4 Å². The smallest absolute Gasteiger partial charge is 0.387 e. The Morgan fingerprint density at radius 1 is 1.07 bits per heavy atom. The van der Waals surface area contributed by atoms with Gasteiger partial charge in [0.25, 0.3) is 5.91 Å². The standard InChI is InChI=1S/C18H16F2N4O3/c1-11-21-16(17(25)22-12-3-7-14(26-2)8-4-12)23-24(11)13-5-9-15(10-6-13)27-18(19)20/h3-10,18H,1-2H3,(H,22,25). The highest BCUT2D eigenvalue weighted by molar-refractivity contribution is 6.01. The van der Waals surface area contributed by atoms with Gasteiger partial charge in [0.15, 0.2) is 0 Å². The maximum atomic E-state index is 12.4. The first kappa shape index (κ1) is 18.3. The van der Waals surface area contributed by atoms with Gasteiger partial charge in [0.2, 0.25) is 5.82 Å². The number of aryl methyl sites for hydroxylation is 1. The summed E-state index contributed by atoms with van der Waals surface area (Å²) in [6.45, 7) is -1.21. The molecule has 1 heterocycles. The lowest BCUT2D eigenvalue weighted by Crippen LogP contribution is -2.14. The molecular weight excluding hydrogens is 358 g/mol. The summed E-state index contributed by atoms with van der Waals surface area (Å²) in [4.78, 5) is 16.5. The number of rotatable bonds is 6. The van der Waals surface area contributed by atoms with Gasteiger partial charge in [-0.2, -0.15) is 8.78 Å². The number of benzene rings is 2. The number of hydrogen-bond acceptors (Lipinski definition) is 5. The summed E-state index contributed by atoms with van der Waals surface area (Å²) >= 11 is 0. The maximum absolute atomic E-state index is 12.4. The molecule has 2 aromatic carbocycles. The van der Waals surface area contributed by atoms with Crippen molar-refractivity contribution in [2.24, 2.45) is 0 Å². The van der Waals surface area contributed by atoms with Gasteiger partial charge in [0, 0.05) is 5.69 Å². The second kappa shape index (κ2) is 7.81. The van der Waals surface area contributed by atoms with Gasteiger partial charge in [-0.05, 0) is 55.5 Å². The zero-order valence-electron chi connectivity index (χ0n) is 14.5. The number of ether oxygens (including phenoxy) is 2. The van der Waals surface area contributed by atoms with Gasteiger partial charge in [-0.3, -0.25) is 4.79 Å². The second-order valence-electron chi connectivity index (χ2n) is 5.45. The molecule has 0 atom stereocenters. The van der Waals surface area contributed by atoms with Crippen molar-refractivity contribution >= 4 is 11.6 Å². The third kappa shape index (κ3) is 4.38. The quantitative estimate of drug-likeness (QED) is 0.715. The van der Waals surface area contributed by atoms with Crippen molar-refractivity contribution in [1.29, 1.82) is 0 Å². The fraction of sp³-hybridized carbons (Fsp3) is 0.167. The molecule has 0 aliphatic carbocycles. The number of anilines is 1. The van der Waals surface area contributed by atoms with Crippen LogP contribution in [-0.2, 0) is 0 Å². The summed E-state index contributed by atoms with van der Waals surface area (Å²) in [7, 11) is 1.55. The molecule has 1 N–H and O–H groups in total. The highest BCUT2D eigenvalue weighted by Crippen LogP contribution is 2.19. The number of alkyl halides is 2. The van der Waals surface area contributed by atoms with Gasteiger partial charge in [0.05, 0.1) is 12.8 Å². The number of nitrogens with one attached hydrogen (secondary N) is 1. The van der Waals surface area contributed by atoms with Crippen molar-refractivity contribution in [1.82, 2.24) is 14.8 Å². The summed E-state index contributed by atoms with van der Waals surface area (Å²) in [6, 6.07) is 12.7. The molecule has 0 fully saturated rings. The summed E-state index contributed by atoms with van der Waals surface area (Å²) < 4.78 is 35.3. The molecule has 27 heavy (non-hydrogen) atoms. The first-order valence-corrected chi connectivity index (χ1v) is 7.90. The molecule has 0 bridgehead atoms. The molecule has 9 heteroatoms. The normalized spacial score (nSPS) is 10.7. The number of aromatic nitrogens is 3. The van der Waals surface area contributed by atoms with Crippen LogP contribution < -0.4 is 14.8 Å². The van der Waals surface area contributed by atoms with Gasteiger partial charge >= 0.3 is 6.61 Å². The number of nitrogens with zero attached hydrogens (tertiary/aromatic N) is 3. The van der Waals surface area contributed by atoms with Gasteiger partial charge in [0.1, 0.15) is 17.3 Å². The molecule has 0 radical (unpaired) electrons. The molecule has 140 valence electrons. The van der Waals surface area contributed by atoms with Gasteiger partial charge in [-0.1, -0.05) is 0 Å². The van der Waals surface area contributed by atoms with Crippen molar-refractivity contribution < 1.29 is 23.0 Å². The minimum absolute atomic E-state index is 0.0174. The van der Waals surface area contributed by atoms with Gasteiger partial charge in [-0.25, -0.2) is 9.67 Å². The molecule has 0 aliphatic heterocycles. The second-order valence-corrected chi connectivity index (χ2v) is 5.45. The monoisotopic (exact) mass is 374 g/mol. The molecule has 7 nitrogen and oxygen atoms in total. The van der Waals surface area contributed by atoms with Crippen LogP contribution in [0.3, 0.4) is 0 Å². The van der Waals surface area contributed by atoms with Crippen LogP contribution in [0.15, 0.2) is 48.5 Å². The predicted molar refractivity (Wildman–Crippen MR) is 93.7 cm³/mol. The van der Waals surface area contributed by atoms with Crippen LogP contribution in [0, 0.1) is 6.92 Å². The fourth-order valence-electron chi connectivity index (χ4n) is 2.36. The van der Waals surface area contributed by atoms with E-state index in [0.717, 1.165) is 0 Å². The van der Waals surface area contributed by atoms with E-state index in [4.69, 9.17) is 4.74 Å². The lowest BCUT2D eigenvalue weighted by Gasteiger charge is -2.06. The minimum atomic E-state index is -2.89. The van der Waals surface area contributed by atoms with E-state index in [-0.39, 0.29) is 11.6 Å². The molecule has 3 aromatic rings. The molecule has 1 amide bonds. The topological polar surface area (TPSA) is 78.3 Å². The van der Waals surface area contributed by atoms with Gasteiger partial charge in [-0.15, -0.1) is 5.10 Å². The number of methoxy groups -OCH3 is 1. The number of carbonyl (C=O) groups excluding carboxylic acids is 1. The van der Waals surface area contributed by atoms with Crippen LogP contribution in [0.5, 0.6) is 11.5 Å². The minimum Gasteiger partial charge on any atom is -0.497 e. The van der Waals surface area contributed by atoms with E-state index in [2.05, 4.69) is 20.1 Å². The van der Waals surface area contributed by atoms with Crippen LogP contribution in [0.1, 0.15) is 16.4 Å². The predicted octanol–water partition coefficient (Wildman–Crippen LogP) is 3.44. The average Bonchev–Trinajstić information content (AvgIpc) is 3.04. The Morgan fingerprint density at radius 2 is 1.70 bits per heavy atom. The summed E-state index contributed by atoms with van der Waals surface area (Å²) in [5, 5.41) is 6.88. The molecular formula is C18H16F2N4O3. The Balaban J connectivity index is 1.75. The summed E-state index contributed by atoms with van der Waals surface area (Å²) in [5.74, 6) is 0.683. The largest absolute Gasteiger partial charge is 0.497 e. The number of carbonyl (C=O) groups is 1. The van der Waals surface area contributed by atoms with E-state index in [1.807, 2.05) is 0 Å². The molecule has 3 rings (SSSR count). The van der Waals surface area contributed by atoms with Crippen LogP contribution >= 0.6 is 0 Å². The Kier molecular flexibility index (Phi) is 5.30. The number of halogens is 2. The highest BCUT2D eigenvalue weighted by Gasteiger charge is 2.16. The Morgan fingerprint density at radius 3 is 2.30 bits per heavy atom. The molecule has 1 aromatic heterocycles. The zero-order valence-corrected chi connectivity index (χ0v) is 14.5. The van der Waals surface area contributed by atoms with Crippen molar-refractivity contribution in [3.8, 4) is 17.2 Å². The molecule has 0 aliphatic rings. The average molecular weight is 374 g/mol. The van der Waals surface area contributed by atoms with Crippen LogP contribution in [0.4, 0.5) is 14.5 Å². The van der Waals surface area contributed by atoms with Crippen LogP contribution in [-0.4, -0.2) is 34.4 Å². The van der Waals surface area contributed by atoms with E-state index in [9.17, 15) is 13.6 Å². The fourth-order valence-corrected chi connectivity index (χ4v) is 2.36. The molecule has 0 saturated heterocycles. The SMILES string of the molecule is COc1ccc(NC(=O)c2nc(C)n(-c3ccc(OC(F)F)cc3)n2)cc1. The van der Waals surface area contributed by atoms with Crippen LogP contribution in [0.25, 0.3) is 5.69 Å². The molecule has 0 saturated carbocycles. The Hall–Kier alpha value is -3.49. The van der Waals surface area contributed by atoms with E-state index >= 15 is 0 Å². The Bertz CT molecular complexity index is 925. The van der Waals surface area contributed by atoms with Crippen molar-refractivity contribution in [3.05, 3.63) is 60.2 Å². The van der Waals surface area contributed by atoms with E-state index in [0.29, 0.717) is 22.9 Å². The first-order valence-electron chi connectivity index (χ1n) is 7.90. The third-order valence-corrected chi connectivity index (χ3v) is 3.63. The highest BCUT2D eigenvalue weighted by atomic mass is 19.3. The van der Waals surface area contributed by atoms with Crippen molar-refractivity contribution in [2.75, 3.05) is 12.4 Å². The lowest BCUT2D eigenvalue weighted by molar-refractivity contribution is -0.0498. The first-order chi connectivity index (χ1) is 13.0. The molecule has 0 spiro atoms.